The number of aliphatic hydroxyl groups excluding tert-OH is 1. The van der Waals surface area contributed by atoms with Crippen LogP contribution in [0.3, 0.4) is 0 Å². The highest BCUT2D eigenvalue weighted by Gasteiger charge is 2.40. The number of carbonyl (C=O) groups excluding carboxylic acids is 1. The summed E-state index contributed by atoms with van der Waals surface area (Å²) in [5.74, 6) is 0.633. The van der Waals surface area contributed by atoms with Crippen molar-refractivity contribution in [1.82, 2.24) is 0 Å². The van der Waals surface area contributed by atoms with E-state index in [0.717, 1.165) is 22.3 Å². The third kappa shape index (κ3) is 8.05. The van der Waals surface area contributed by atoms with E-state index < -0.39 is 0 Å². The van der Waals surface area contributed by atoms with Crippen molar-refractivity contribution >= 4 is 5.78 Å². The first-order chi connectivity index (χ1) is 38.9. The van der Waals surface area contributed by atoms with Crippen LogP contribution in [-0.2, 0) is 26.5 Å². The predicted molar refractivity (Wildman–Crippen MR) is 332 cm³/mol. The lowest BCUT2D eigenvalue weighted by atomic mass is 9.80. The molecule has 0 aliphatic heterocycles. The van der Waals surface area contributed by atoms with Gasteiger partial charge in [0.25, 0.3) is 0 Å². The van der Waals surface area contributed by atoms with Crippen LogP contribution in [0.2, 0.25) is 0 Å². The van der Waals surface area contributed by atoms with Crippen molar-refractivity contribution in [3.63, 3.8) is 0 Å². The molecule has 81 heavy (non-hydrogen) atoms. The molecule has 4 aliphatic rings. The van der Waals surface area contributed by atoms with Crippen molar-refractivity contribution in [1.29, 1.82) is 0 Å². The van der Waals surface area contributed by atoms with Crippen LogP contribution in [0.4, 0.5) is 0 Å². The molecule has 396 valence electrons. The summed E-state index contributed by atoms with van der Waals surface area (Å²) >= 11 is 0. The summed E-state index contributed by atoms with van der Waals surface area (Å²) in [6.07, 6.45) is 1.18. The quantitative estimate of drug-likeness (QED) is 0.104. The minimum Gasteiger partial charge on any atom is -0.509 e. The van der Waals surface area contributed by atoms with E-state index in [1.165, 1.54) is 117 Å². The molecule has 0 fully saturated rings. The van der Waals surface area contributed by atoms with Gasteiger partial charge < -0.3 is 14.6 Å². The van der Waals surface area contributed by atoms with Crippen LogP contribution >= 0.6 is 0 Å². The Morgan fingerprint density at radius 1 is 0.321 bits per heavy atom. The van der Waals surface area contributed by atoms with Crippen LogP contribution in [0, 0.1) is 0 Å². The van der Waals surface area contributed by atoms with Gasteiger partial charge in [-0.05, 0) is 194 Å². The van der Waals surface area contributed by atoms with E-state index in [9.17, 15) is 9.90 Å². The highest BCUT2D eigenvalue weighted by molar-refractivity contribution is 5.92. The number of ketones is 1. The van der Waals surface area contributed by atoms with Gasteiger partial charge in [0.1, 0.15) is 23.9 Å². The minimum atomic E-state index is -0.360. The summed E-state index contributed by atoms with van der Waals surface area (Å²) < 4.78 is 11.8. The Hall–Kier alpha value is -8.99. The fraction of sp³-hybridized carbons (Fsp3) is 0.182. The van der Waals surface area contributed by atoms with E-state index in [2.05, 4.69) is 213 Å². The van der Waals surface area contributed by atoms with Gasteiger partial charge in [-0.3, -0.25) is 4.79 Å². The lowest BCUT2D eigenvalue weighted by molar-refractivity contribution is -0.116. The summed E-state index contributed by atoms with van der Waals surface area (Å²) in [7, 11) is 0. The SMILES string of the molecule is CC1(C)c2ccccc2-c2ccc(-c3ccc4c(c3)C(C)(C)c3cc(-c5ccc(OCC(=O)/C=C(\O)COc6ccc(-c7ccc8c(c7)C(C)(C)c7cc(-c9ccc%10c(c9)C(C)(C)c9ccccc9-%10)ccc7-8)cc6)cc5)ccc3-4)cc21. The number of aliphatic hydroxyl groups is 1. The second-order valence-electron chi connectivity index (χ2n) is 24.9. The van der Waals surface area contributed by atoms with Crippen molar-refractivity contribution in [2.75, 3.05) is 13.2 Å². The number of rotatable bonds is 11. The molecule has 4 heteroatoms. The molecule has 4 aliphatic carbocycles. The van der Waals surface area contributed by atoms with Crippen LogP contribution in [0.15, 0.2) is 218 Å². The van der Waals surface area contributed by atoms with E-state index in [-0.39, 0.29) is 46.4 Å². The first-order valence-electron chi connectivity index (χ1n) is 28.4. The Balaban J connectivity index is 0.590. The van der Waals surface area contributed by atoms with E-state index in [4.69, 9.17) is 9.47 Å². The Kier molecular flexibility index (Phi) is 11.3. The summed E-state index contributed by atoms with van der Waals surface area (Å²) in [5, 5.41) is 10.7. The van der Waals surface area contributed by atoms with Crippen LogP contribution in [0.25, 0.3) is 89.0 Å². The molecule has 4 nitrogen and oxygen atoms in total. The normalized spacial score (nSPS) is 15.6. The second kappa shape index (κ2) is 18.3. The maximum atomic E-state index is 13.0. The lowest BCUT2D eigenvalue weighted by Crippen LogP contribution is -2.15. The van der Waals surface area contributed by atoms with Crippen LogP contribution in [-0.4, -0.2) is 24.1 Å². The number of hydrogen-bond donors (Lipinski definition) is 1. The lowest BCUT2D eigenvalue weighted by Gasteiger charge is -2.23. The fourth-order valence-electron chi connectivity index (χ4n) is 14.0. The summed E-state index contributed by atoms with van der Waals surface area (Å²) in [6.45, 7) is 18.3. The van der Waals surface area contributed by atoms with E-state index in [1.54, 1.807) is 0 Å². The molecule has 10 aromatic rings. The predicted octanol–water partition coefficient (Wildman–Crippen LogP) is 19.0. The number of benzene rings is 10. The number of ether oxygens (including phenoxy) is 2. The Morgan fingerprint density at radius 2 is 0.568 bits per heavy atom. The smallest absolute Gasteiger partial charge is 0.196 e. The van der Waals surface area contributed by atoms with Crippen molar-refractivity contribution in [2.45, 2.75) is 77.0 Å². The molecular formula is C77H64O4. The maximum absolute atomic E-state index is 13.0. The van der Waals surface area contributed by atoms with Crippen molar-refractivity contribution in [3.05, 3.63) is 263 Å². The van der Waals surface area contributed by atoms with E-state index >= 15 is 0 Å². The Morgan fingerprint density at radius 3 is 0.889 bits per heavy atom. The molecule has 0 spiro atoms. The van der Waals surface area contributed by atoms with Crippen LogP contribution in [0.5, 0.6) is 11.5 Å². The summed E-state index contributed by atoms with van der Waals surface area (Å²) in [6, 6.07) is 74.9. The molecule has 0 bridgehead atoms. The molecule has 10 aromatic carbocycles. The molecule has 0 atom stereocenters. The molecule has 1 N–H and O–H groups in total. The standard InChI is InChI=1S/C77H64O4/c1-74(2)66-15-11-9-13-58(66)60-33-23-50(39-68(60)74)52-25-35-64-62-31-21-48(37-70(62)76(5,6)72(64)41-52)46-17-27-56(28-18-46)80-44-54(78)43-55(79)45-81-57-29-19-47(20-30-57)49-22-32-63-65-36-26-53(42-73(65)77(7,8)71(63)38-49)51-24-34-61-59-14-10-12-16-67(59)75(3,4)69(61)40-51/h9-43,78H,44-45H2,1-8H3/b54-43-. The zero-order valence-electron chi connectivity index (χ0n) is 47.3. The molecule has 0 aromatic heterocycles. The number of carbonyl (C=O) groups is 1. The van der Waals surface area contributed by atoms with E-state index in [0.29, 0.717) is 11.5 Å². The van der Waals surface area contributed by atoms with Gasteiger partial charge in [0.05, 0.1) is 0 Å². The van der Waals surface area contributed by atoms with Gasteiger partial charge in [0.2, 0.25) is 0 Å². The molecule has 0 amide bonds. The highest BCUT2D eigenvalue weighted by Crippen LogP contribution is 2.55. The topological polar surface area (TPSA) is 55.8 Å². The zero-order chi connectivity index (χ0) is 55.7. The molecule has 0 radical (unpaired) electrons. The van der Waals surface area contributed by atoms with Crippen LogP contribution < -0.4 is 9.47 Å². The van der Waals surface area contributed by atoms with Crippen molar-refractivity contribution in [3.8, 4) is 101 Å². The van der Waals surface area contributed by atoms with Gasteiger partial charge in [-0.2, -0.15) is 0 Å². The number of hydrogen-bond acceptors (Lipinski definition) is 4. The third-order valence-electron chi connectivity index (χ3n) is 18.7. The van der Waals surface area contributed by atoms with Gasteiger partial charge >= 0.3 is 0 Å². The Labute approximate surface area is 476 Å². The molecule has 0 heterocycles. The summed E-state index contributed by atoms with van der Waals surface area (Å²) in [4.78, 5) is 13.0. The maximum Gasteiger partial charge on any atom is 0.196 e. The third-order valence-corrected chi connectivity index (χ3v) is 18.7. The summed E-state index contributed by atoms with van der Waals surface area (Å²) in [5.41, 5.74) is 30.2. The fourth-order valence-corrected chi connectivity index (χ4v) is 14.0. The molecule has 0 unspecified atom stereocenters. The average molecular weight is 1050 g/mol. The first kappa shape index (κ1) is 50.2. The largest absolute Gasteiger partial charge is 0.509 e. The van der Waals surface area contributed by atoms with E-state index in [1.807, 2.05) is 48.5 Å². The second-order valence-corrected chi connectivity index (χ2v) is 24.9. The molecular weight excluding hydrogens is 989 g/mol. The van der Waals surface area contributed by atoms with Gasteiger partial charge in [0, 0.05) is 27.7 Å². The van der Waals surface area contributed by atoms with Gasteiger partial charge in [-0.15, -0.1) is 0 Å². The molecule has 14 rings (SSSR count). The van der Waals surface area contributed by atoms with Crippen molar-refractivity contribution in [2.24, 2.45) is 0 Å². The minimum absolute atomic E-state index is 0.0501. The highest BCUT2D eigenvalue weighted by atomic mass is 16.5. The monoisotopic (exact) mass is 1050 g/mol. The van der Waals surface area contributed by atoms with Gasteiger partial charge in [-0.1, -0.05) is 201 Å². The van der Waals surface area contributed by atoms with Crippen LogP contribution in [0.1, 0.15) is 99.9 Å². The zero-order valence-corrected chi connectivity index (χ0v) is 47.3. The van der Waals surface area contributed by atoms with Gasteiger partial charge in [0.15, 0.2) is 12.4 Å². The van der Waals surface area contributed by atoms with Gasteiger partial charge in [-0.25, -0.2) is 0 Å². The first-order valence-corrected chi connectivity index (χ1v) is 28.4. The van der Waals surface area contributed by atoms with Crippen molar-refractivity contribution < 1.29 is 19.4 Å². The molecule has 0 saturated carbocycles. The number of fused-ring (bicyclic) bond motifs is 12. The molecule has 0 saturated heterocycles. The average Bonchev–Trinajstić information content (AvgIpc) is 4.22. The Bertz CT molecular complexity index is 4300.